The fourth-order valence-electron chi connectivity index (χ4n) is 4.05. The number of esters is 1. The number of nitrogen functional groups attached to an aromatic ring is 1. The maximum absolute atomic E-state index is 12.9. The van der Waals surface area contributed by atoms with Gasteiger partial charge in [0.2, 0.25) is 0 Å². The van der Waals surface area contributed by atoms with E-state index in [1.165, 1.54) is 28.2 Å². The molecule has 1 unspecified atom stereocenters. The first-order valence-corrected chi connectivity index (χ1v) is 12.4. The van der Waals surface area contributed by atoms with Gasteiger partial charge in [0.1, 0.15) is 9.71 Å². The minimum atomic E-state index is -0.313. The Hall–Kier alpha value is -2.52. The second-order valence-electron chi connectivity index (χ2n) is 9.17. The molecular weight excluding hydrogens is 444 g/mol. The zero-order chi connectivity index (χ0) is 23.0. The molecule has 0 saturated carbocycles. The van der Waals surface area contributed by atoms with Crippen molar-refractivity contribution >= 4 is 55.6 Å². The van der Waals surface area contributed by atoms with Crippen LogP contribution in [0.1, 0.15) is 59.9 Å². The maximum atomic E-state index is 12.9. The number of hydrogen-bond donors (Lipinski definition) is 2. The molecular formula is C23H28N4O3S2. The van der Waals surface area contributed by atoms with Crippen LogP contribution in [0, 0.1) is 11.3 Å². The molecule has 170 valence electrons. The molecule has 1 amide bonds. The van der Waals surface area contributed by atoms with Crippen molar-refractivity contribution in [2.45, 2.75) is 53.4 Å². The standard InChI is InChI=1S/C23H28N4O3S2/c1-5-30-17(28)10-14-11-25-22(31-14)27-20(29)19-18(24)15-9-12-8-13(23(2,3)4)6-7-16(12)26-21(15)32-19/h9,11,13H,5-8,10,24H2,1-4H3,(H,25,27,29). The van der Waals surface area contributed by atoms with Gasteiger partial charge in [0, 0.05) is 22.2 Å². The normalized spacial score (nSPS) is 16.1. The van der Waals surface area contributed by atoms with E-state index < -0.39 is 0 Å². The number of nitrogens with one attached hydrogen (secondary N) is 1. The molecule has 1 aliphatic carbocycles. The number of nitrogens with two attached hydrogens (primary N) is 1. The zero-order valence-electron chi connectivity index (χ0n) is 18.8. The van der Waals surface area contributed by atoms with Crippen molar-refractivity contribution in [2.75, 3.05) is 17.7 Å². The Labute approximate surface area is 195 Å². The Kier molecular flexibility index (Phi) is 6.22. The smallest absolute Gasteiger partial charge is 0.311 e. The largest absolute Gasteiger partial charge is 0.466 e. The van der Waals surface area contributed by atoms with E-state index in [9.17, 15) is 9.59 Å². The van der Waals surface area contributed by atoms with Crippen LogP contribution in [-0.2, 0) is 28.8 Å². The molecule has 3 N–H and O–H groups in total. The van der Waals surface area contributed by atoms with Crippen LogP contribution in [0.2, 0.25) is 0 Å². The van der Waals surface area contributed by atoms with Crippen molar-refractivity contribution in [3.8, 4) is 0 Å². The number of ether oxygens (including phenoxy) is 1. The van der Waals surface area contributed by atoms with Gasteiger partial charge in [-0.3, -0.25) is 14.9 Å². The number of aromatic nitrogens is 2. The van der Waals surface area contributed by atoms with Gasteiger partial charge in [0.15, 0.2) is 5.13 Å². The van der Waals surface area contributed by atoms with Gasteiger partial charge < -0.3 is 10.5 Å². The van der Waals surface area contributed by atoms with Crippen LogP contribution in [0.5, 0.6) is 0 Å². The quantitative estimate of drug-likeness (QED) is 0.514. The molecule has 0 fully saturated rings. The van der Waals surface area contributed by atoms with Gasteiger partial charge in [-0.05, 0) is 49.1 Å². The van der Waals surface area contributed by atoms with Crippen LogP contribution in [-0.4, -0.2) is 28.5 Å². The first-order chi connectivity index (χ1) is 15.2. The molecule has 32 heavy (non-hydrogen) atoms. The topological polar surface area (TPSA) is 107 Å². The Morgan fingerprint density at radius 1 is 1.31 bits per heavy atom. The van der Waals surface area contributed by atoms with Gasteiger partial charge in [-0.1, -0.05) is 20.8 Å². The minimum Gasteiger partial charge on any atom is -0.466 e. The van der Waals surface area contributed by atoms with E-state index >= 15 is 0 Å². The Balaban J connectivity index is 1.54. The van der Waals surface area contributed by atoms with Gasteiger partial charge in [-0.15, -0.1) is 22.7 Å². The molecule has 7 nitrogen and oxygen atoms in total. The molecule has 1 aliphatic rings. The lowest BCUT2D eigenvalue weighted by atomic mass is 9.71. The van der Waals surface area contributed by atoms with Crippen molar-refractivity contribution < 1.29 is 14.3 Å². The average molecular weight is 473 g/mol. The average Bonchev–Trinajstić information content (AvgIpc) is 3.29. The first kappa shape index (κ1) is 22.7. The SMILES string of the molecule is CCOC(=O)Cc1cnc(NC(=O)c2sc3nc4c(cc3c2N)CC(C(C)(C)C)CC4)s1. The van der Waals surface area contributed by atoms with Crippen molar-refractivity contribution in [3.63, 3.8) is 0 Å². The molecule has 0 spiro atoms. The van der Waals surface area contributed by atoms with E-state index in [2.05, 4.69) is 37.1 Å². The zero-order valence-corrected chi connectivity index (χ0v) is 20.4. The number of nitrogens with zero attached hydrogens (tertiary/aromatic N) is 2. The van der Waals surface area contributed by atoms with Crippen LogP contribution in [0.25, 0.3) is 10.2 Å². The van der Waals surface area contributed by atoms with E-state index in [0.29, 0.717) is 28.2 Å². The fraction of sp³-hybridized carbons (Fsp3) is 0.478. The molecule has 9 heteroatoms. The summed E-state index contributed by atoms with van der Waals surface area (Å²) in [5.41, 5.74) is 9.45. The number of anilines is 2. The number of hydrogen-bond acceptors (Lipinski definition) is 8. The van der Waals surface area contributed by atoms with Gasteiger partial charge in [0.25, 0.3) is 5.91 Å². The maximum Gasteiger partial charge on any atom is 0.311 e. The highest BCUT2D eigenvalue weighted by molar-refractivity contribution is 7.21. The lowest BCUT2D eigenvalue weighted by Crippen LogP contribution is -2.27. The molecule has 3 aromatic rings. The predicted molar refractivity (Wildman–Crippen MR) is 129 cm³/mol. The lowest BCUT2D eigenvalue weighted by molar-refractivity contribution is -0.142. The van der Waals surface area contributed by atoms with Crippen LogP contribution >= 0.6 is 22.7 Å². The van der Waals surface area contributed by atoms with Crippen LogP contribution in [0.15, 0.2) is 12.3 Å². The molecule has 0 bridgehead atoms. The number of rotatable bonds is 5. The third-order valence-electron chi connectivity index (χ3n) is 5.91. The molecule has 0 aliphatic heterocycles. The van der Waals surface area contributed by atoms with E-state index in [4.69, 9.17) is 15.5 Å². The Morgan fingerprint density at radius 3 is 2.81 bits per heavy atom. The van der Waals surface area contributed by atoms with Crippen molar-refractivity contribution in [2.24, 2.45) is 11.3 Å². The van der Waals surface area contributed by atoms with Gasteiger partial charge in [0.05, 0.1) is 18.7 Å². The molecule has 0 aromatic carbocycles. The molecule has 3 heterocycles. The number of amides is 1. The minimum absolute atomic E-state index is 0.136. The summed E-state index contributed by atoms with van der Waals surface area (Å²) in [6, 6.07) is 2.12. The number of aryl methyl sites for hydroxylation is 1. The summed E-state index contributed by atoms with van der Waals surface area (Å²) in [4.78, 5) is 35.6. The number of pyridine rings is 1. The monoisotopic (exact) mass is 472 g/mol. The second kappa shape index (κ2) is 8.78. The number of thiophene rings is 1. The highest BCUT2D eigenvalue weighted by atomic mass is 32.1. The summed E-state index contributed by atoms with van der Waals surface area (Å²) < 4.78 is 4.95. The number of carbonyl (C=O) groups is 2. The molecule has 1 atom stereocenters. The van der Waals surface area contributed by atoms with Gasteiger partial charge >= 0.3 is 5.97 Å². The first-order valence-electron chi connectivity index (χ1n) is 10.8. The van der Waals surface area contributed by atoms with E-state index in [1.54, 1.807) is 13.1 Å². The van der Waals surface area contributed by atoms with Crippen LogP contribution < -0.4 is 11.1 Å². The number of carbonyl (C=O) groups excluding carboxylic acids is 2. The molecule has 4 rings (SSSR count). The summed E-state index contributed by atoms with van der Waals surface area (Å²) in [6.07, 6.45) is 4.78. The number of fused-ring (bicyclic) bond motifs is 2. The van der Waals surface area contributed by atoms with E-state index in [0.717, 1.165) is 40.1 Å². The summed E-state index contributed by atoms with van der Waals surface area (Å²) in [6.45, 7) is 8.95. The molecule has 3 aromatic heterocycles. The Morgan fingerprint density at radius 2 is 2.09 bits per heavy atom. The fourth-order valence-corrected chi connectivity index (χ4v) is 5.84. The van der Waals surface area contributed by atoms with Gasteiger partial charge in [-0.25, -0.2) is 9.97 Å². The predicted octanol–water partition coefficient (Wildman–Crippen LogP) is 4.84. The lowest BCUT2D eigenvalue weighted by Gasteiger charge is -2.34. The van der Waals surface area contributed by atoms with Crippen molar-refractivity contribution in [1.82, 2.24) is 9.97 Å². The summed E-state index contributed by atoms with van der Waals surface area (Å²) in [7, 11) is 0. The molecule has 0 saturated heterocycles. The second-order valence-corrected chi connectivity index (χ2v) is 11.3. The summed E-state index contributed by atoms with van der Waals surface area (Å²) in [5.74, 6) is -0.0230. The highest BCUT2D eigenvalue weighted by Gasteiger charge is 2.30. The Bertz CT molecular complexity index is 1180. The third kappa shape index (κ3) is 4.63. The van der Waals surface area contributed by atoms with E-state index in [1.807, 2.05) is 0 Å². The number of thiazole rings is 1. The summed E-state index contributed by atoms with van der Waals surface area (Å²) in [5, 5.41) is 4.07. The van der Waals surface area contributed by atoms with Crippen molar-refractivity contribution in [3.05, 3.63) is 33.3 Å². The van der Waals surface area contributed by atoms with Crippen LogP contribution in [0.3, 0.4) is 0 Å². The third-order valence-corrected chi connectivity index (χ3v) is 7.94. The van der Waals surface area contributed by atoms with Gasteiger partial charge in [-0.2, -0.15) is 0 Å². The van der Waals surface area contributed by atoms with Crippen LogP contribution in [0.4, 0.5) is 10.8 Å². The van der Waals surface area contributed by atoms with Crippen molar-refractivity contribution in [1.29, 1.82) is 0 Å². The highest BCUT2D eigenvalue weighted by Crippen LogP contribution is 2.40. The summed E-state index contributed by atoms with van der Waals surface area (Å²) >= 11 is 2.56. The molecule has 0 radical (unpaired) electrons. The van der Waals surface area contributed by atoms with E-state index in [-0.39, 0.29) is 23.7 Å².